The van der Waals surface area contributed by atoms with Crippen molar-refractivity contribution in [2.24, 2.45) is 23.7 Å². The number of hydrogen-bond donors (Lipinski definition) is 0. The number of nitrogens with zero attached hydrogens (tertiary/aromatic N) is 1. The van der Waals surface area contributed by atoms with Crippen LogP contribution >= 0.6 is 0 Å². The zero-order chi connectivity index (χ0) is 13.3. The fourth-order valence-corrected chi connectivity index (χ4v) is 4.47. The van der Waals surface area contributed by atoms with Gasteiger partial charge in [-0.3, -0.25) is 0 Å². The Morgan fingerprint density at radius 3 is 2.22 bits per heavy atom. The topological polar surface area (TPSA) is 3.24 Å². The van der Waals surface area contributed by atoms with E-state index in [0.29, 0.717) is 11.8 Å². The highest BCUT2D eigenvalue weighted by Crippen LogP contribution is 2.56. The van der Waals surface area contributed by atoms with Crippen molar-refractivity contribution < 1.29 is 0 Å². The van der Waals surface area contributed by atoms with Crippen molar-refractivity contribution in [1.82, 2.24) is 4.90 Å². The Kier molecular flexibility index (Phi) is 4.19. The molecule has 2 bridgehead atoms. The van der Waals surface area contributed by atoms with E-state index < -0.39 is 0 Å². The minimum Gasteiger partial charge on any atom is -0.375 e. The van der Waals surface area contributed by atoms with Crippen molar-refractivity contribution in [2.45, 2.75) is 46.5 Å². The van der Waals surface area contributed by atoms with E-state index in [4.69, 9.17) is 0 Å². The standard InChI is InChI=1S/C17H29N/c1-6-10-18(7-2)13(5)17-15-9-8-14(11-15)16(17)12(3)4/h14-17H,3,5-11H2,1-2,4H3. The van der Waals surface area contributed by atoms with Crippen molar-refractivity contribution in [2.75, 3.05) is 13.1 Å². The van der Waals surface area contributed by atoms with Crippen LogP contribution in [-0.4, -0.2) is 18.0 Å². The predicted molar refractivity (Wildman–Crippen MR) is 79.3 cm³/mol. The number of rotatable bonds is 6. The Morgan fingerprint density at radius 1 is 1.11 bits per heavy atom. The Hall–Kier alpha value is -0.720. The maximum atomic E-state index is 4.46. The van der Waals surface area contributed by atoms with Crippen LogP contribution in [0.5, 0.6) is 0 Å². The van der Waals surface area contributed by atoms with Gasteiger partial charge in [0, 0.05) is 24.7 Å². The third kappa shape index (κ3) is 2.24. The van der Waals surface area contributed by atoms with Gasteiger partial charge in [-0.15, -0.1) is 0 Å². The molecule has 2 aliphatic carbocycles. The van der Waals surface area contributed by atoms with Gasteiger partial charge in [0.15, 0.2) is 0 Å². The lowest BCUT2D eigenvalue weighted by Gasteiger charge is -2.38. The van der Waals surface area contributed by atoms with Gasteiger partial charge < -0.3 is 4.90 Å². The van der Waals surface area contributed by atoms with E-state index in [2.05, 4.69) is 38.8 Å². The number of fused-ring (bicyclic) bond motifs is 2. The molecule has 2 fully saturated rings. The van der Waals surface area contributed by atoms with E-state index in [1.54, 1.807) is 0 Å². The molecule has 0 amide bonds. The molecule has 0 spiro atoms. The second-order valence-electron chi connectivity index (χ2n) is 6.30. The molecule has 4 atom stereocenters. The highest BCUT2D eigenvalue weighted by molar-refractivity contribution is 5.19. The average molecular weight is 247 g/mol. The summed E-state index contributed by atoms with van der Waals surface area (Å²) >= 11 is 0. The first-order valence-electron chi connectivity index (χ1n) is 7.69. The van der Waals surface area contributed by atoms with Crippen molar-refractivity contribution in [3.8, 4) is 0 Å². The Labute approximate surface area is 113 Å². The first-order valence-corrected chi connectivity index (χ1v) is 7.69. The highest BCUT2D eigenvalue weighted by Gasteiger charge is 2.49. The third-order valence-electron chi connectivity index (χ3n) is 5.15. The summed E-state index contributed by atoms with van der Waals surface area (Å²) in [7, 11) is 0. The molecule has 4 unspecified atom stereocenters. The molecular weight excluding hydrogens is 218 g/mol. The third-order valence-corrected chi connectivity index (χ3v) is 5.15. The molecule has 0 aromatic heterocycles. The second kappa shape index (κ2) is 5.50. The molecule has 0 saturated heterocycles. The zero-order valence-corrected chi connectivity index (χ0v) is 12.4. The normalized spacial score (nSPS) is 33.7. The second-order valence-corrected chi connectivity index (χ2v) is 6.30. The summed E-state index contributed by atoms with van der Waals surface area (Å²) in [5.41, 5.74) is 2.79. The minimum absolute atomic E-state index is 0.688. The van der Waals surface area contributed by atoms with Crippen LogP contribution in [0.3, 0.4) is 0 Å². The fourth-order valence-electron chi connectivity index (χ4n) is 4.47. The number of hydrogen-bond acceptors (Lipinski definition) is 1. The molecule has 102 valence electrons. The highest BCUT2D eigenvalue weighted by atomic mass is 15.1. The summed E-state index contributed by atoms with van der Waals surface area (Å²) in [5, 5.41) is 0. The SMILES string of the molecule is C=C(C)C1C2CCC(C2)C1C(=C)N(CC)CCC. The lowest BCUT2D eigenvalue weighted by molar-refractivity contribution is 0.222. The molecular formula is C17H29N. The van der Waals surface area contributed by atoms with E-state index in [-0.39, 0.29) is 0 Å². The van der Waals surface area contributed by atoms with Gasteiger partial charge in [0.25, 0.3) is 0 Å². The molecule has 2 saturated carbocycles. The van der Waals surface area contributed by atoms with Crippen molar-refractivity contribution in [3.63, 3.8) is 0 Å². The van der Waals surface area contributed by atoms with Crippen LogP contribution in [0.1, 0.15) is 46.5 Å². The first-order chi connectivity index (χ1) is 8.60. The van der Waals surface area contributed by atoms with E-state index in [9.17, 15) is 0 Å². The van der Waals surface area contributed by atoms with Crippen molar-refractivity contribution in [3.05, 3.63) is 24.4 Å². The van der Waals surface area contributed by atoms with Crippen LogP contribution in [0, 0.1) is 23.7 Å². The molecule has 1 heteroatoms. The summed E-state index contributed by atoms with van der Waals surface area (Å²) in [6.07, 6.45) is 5.48. The van der Waals surface area contributed by atoms with Gasteiger partial charge in [-0.05, 0) is 57.3 Å². The van der Waals surface area contributed by atoms with Crippen LogP contribution in [-0.2, 0) is 0 Å². The van der Waals surface area contributed by atoms with E-state index in [1.807, 2.05) is 0 Å². The van der Waals surface area contributed by atoms with Gasteiger partial charge in [-0.1, -0.05) is 25.7 Å². The Bertz CT molecular complexity index is 331. The van der Waals surface area contributed by atoms with Gasteiger partial charge in [0.1, 0.15) is 0 Å². The van der Waals surface area contributed by atoms with Gasteiger partial charge in [0.05, 0.1) is 0 Å². The quantitative estimate of drug-likeness (QED) is 0.626. The average Bonchev–Trinajstić information content (AvgIpc) is 2.94. The van der Waals surface area contributed by atoms with E-state index in [1.165, 1.54) is 37.0 Å². The van der Waals surface area contributed by atoms with E-state index in [0.717, 1.165) is 24.9 Å². The van der Waals surface area contributed by atoms with Crippen LogP contribution in [0.4, 0.5) is 0 Å². The smallest absolute Gasteiger partial charge is 0.0172 e. The van der Waals surface area contributed by atoms with Crippen LogP contribution in [0.15, 0.2) is 24.4 Å². The molecule has 2 rings (SSSR count). The summed E-state index contributed by atoms with van der Waals surface area (Å²) < 4.78 is 0. The lowest BCUT2D eigenvalue weighted by atomic mass is 9.74. The maximum absolute atomic E-state index is 4.46. The van der Waals surface area contributed by atoms with Crippen LogP contribution in [0.25, 0.3) is 0 Å². The molecule has 2 aliphatic rings. The van der Waals surface area contributed by atoms with Crippen LogP contribution in [0.2, 0.25) is 0 Å². The fraction of sp³-hybridized carbons (Fsp3) is 0.765. The molecule has 18 heavy (non-hydrogen) atoms. The zero-order valence-electron chi connectivity index (χ0n) is 12.4. The molecule has 0 aliphatic heterocycles. The minimum atomic E-state index is 0.688. The summed E-state index contributed by atoms with van der Waals surface area (Å²) in [6.45, 7) is 17.7. The summed E-state index contributed by atoms with van der Waals surface area (Å²) in [4.78, 5) is 2.50. The lowest BCUT2D eigenvalue weighted by Crippen LogP contribution is -2.34. The Morgan fingerprint density at radius 2 is 1.72 bits per heavy atom. The molecule has 0 N–H and O–H groups in total. The van der Waals surface area contributed by atoms with Gasteiger partial charge >= 0.3 is 0 Å². The maximum Gasteiger partial charge on any atom is 0.0172 e. The molecule has 0 heterocycles. The molecule has 0 radical (unpaired) electrons. The Balaban J connectivity index is 2.15. The van der Waals surface area contributed by atoms with Crippen molar-refractivity contribution >= 4 is 0 Å². The van der Waals surface area contributed by atoms with Gasteiger partial charge in [-0.2, -0.15) is 0 Å². The number of allylic oxidation sites excluding steroid dienone is 2. The van der Waals surface area contributed by atoms with E-state index >= 15 is 0 Å². The van der Waals surface area contributed by atoms with Crippen molar-refractivity contribution in [1.29, 1.82) is 0 Å². The summed E-state index contributed by atoms with van der Waals surface area (Å²) in [5.74, 6) is 3.18. The monoisotopic (exact) mass is 247 g/mol. The molecule has 0 aromatic carbocycles. The first kappa shape index (κ1) is 13.7. The van der Waals surface area contributed by atoms with Crippen LogP contribution < -0.4 is 0 Å². The van der Waals surface area contributed by atoms with Gasteiger partial charge in [0.2, 0.25) is 0 Å². The molecule has 0 aromatic rings. The summed E-state index contributed by atoms with van der Waals surface area (Å²) in [6, 6.07) is 0. The van der Waals surface area contributed by atoms with Gasteiger partial charge in [-0.25, -0.2) is 0 Å². The predicted octanol–water partition coefficient (Wildman–Crippen LogP) is 4.47. The largest absolute Gasteiger partial charge is 0.375 e. The molecule has 1 nitrogen and oxygen atoms in total.